The van der Waals surface area contributed by atoms with Gasteiger partial charge in [-0.2, -0.15) is 0 Å². The summed E-state index contributed by atoms with van der Waals surface area (Å²) in [4.78, 5) is 18.0. The van der Waals surface area contributed by atoms with E-state index in [-0.39, 0.29) is 0 Å². The highest BCUT2D eigenvalue weighted by Crippen LogP contribution is 2.29. The Morgan fingerprint density at radius 3 is 2.93 bits per heavy atom. The molecule has 4 aromatic rings. The summed E-state index contributed by atoms with van der Waals surface area (Å²) >= 11 is 0. The van der Waals surface area contributed by atoms with E-state index in [0.717, 1.165) is 66.6 Å². The summed E-state index contributed by atoms with van der Waals surface area (Å²) in [5.41, 5.74) is 6.22. The van der Waals surface area contributed by atoms with Gasteiger partial charge < -0.3 is 14.7 Å². The number of fused-ring (bicyclic) bond motifs is 2. The number of morpholine rings is 1. The SMILES string of the molecule is Cc1nc2nccc(-c3cc4cc(C=CCN5CCOCC5)ccc4[nH]3)c2[nH]1. The summed E-state index contributed by atoms with van der Waals surface area (Å²) in [5, 5.41) is 1.20. The first kappa shape index (κ1) is 17.2. The molecular weight excluding hydrogens is 350 g/mol. The molecule has 0 bridgehead atoms. The number of aromatic nitrogens is 4. The summed E-state index contributed by atoms with van der Waals surface area (Å²) in [5.74, 6) is 0.874. The molecule has 4 heterocycles. The predicted octanol–water partition coefficient (Wildman–Crippen LogP) is 3.76. The standard InChI is InChI=1S/C22H23N5O/c1-15-24-21-18(6-7-23-22(21)25-15)20-14-17-13-16(4-5-19(17)26-20)3-2-8-27-9-11-28-12-10-27/h2-7,13-14,26H,8-12H2,1H3,(H,23,24,25). The Balaban J connectivity index is 1.42. The second-order valence-corrected chi connectivity index (χ2v) is 7.22. The van der Waals surface area contributed by atoms with Crippen molar-refractivity contribution in [2.24, 2.45) is 0 Å². The van der Waals surface area contributed by atoms with Crippen LogP contribution in [-0.4, -0.2) is 57.7 Å². The molecule has 0 atom stereocenters. The Hall–Kier alpha value is -2.96. The zero-order chi connectivity index (χ0) is 18.9. The van der Waals surface area contributed by atoms with E-state index >= 15 is 0 Å². The summed E-state index contributed by atoms with van der Waals surface area (Å²) in [6.07, 6.45) is 6.24. The van der Waals surface area contributed by atoms with Crippen LogP contribution in [0.15, 0.2) is 42.6 Å². The Bertz CT molecular complexity index is 1150. The van der Waals surface area contributed by atoms with Crippen molar-refractivity contribution in [1.82, 2.24) is 24.8 Å². The number of ether oxygens (including phenoxy) is 1. The second-order valence-electron chi connectivity index (χ2n) is 7.22. The topological polar surface area (TPSA) is 69.8 Å². The maximum absolute atomic E-state index is 5.40. The van der Waals surface area contributed by atoms with Gasteiger partial charge in [0.2, 0.25) is 0 Å². The molecule has 1 fully saturated rings. The number of benzene rings is 1. The zero-order valence-corrected chi connectivity index (χ0v) is 15.9. The number of nitrogens with zero attached hydrogens (tertiary/aromatic N) is 3. The Morgan fingerprint density at radius 1 is 1.14 bits per heavy atom. The molecular formula is C22H23N5O. The third-order valence-corrected chi connectivity index (χ3v) is 5.22. The van der Waals surface area contributed by atoms with Crippen molar-refractivity contribution in [1.29, 1.82) is 0 Å². The van der Waals surface area contributed by atoms with Gasteiger partial charge in [-0.05, 0) is 36.8 Å². The highest BCUT2D eigenvalue weighted by molar-refractivity contribution is 5.94. The fourth-order valence-electron chi connectivity index (χ4n) is 3.77. The molecule has 0 amide bonds. The molecule has 1 aliphatic rings. The van der Waals surface area contributed by atoms with E-state index in [2.05, 4.69) is 61.3 Å². The van der Waals surface area contributed by atoms with Gasteiger partial charge in [-0.15, -0.1) is 0 Å². The molecule has 0 radical (unpaired) electrons. The van der Waals surface area contributed by atoms with Crippen LogP contribution in [0.5, 0.6) is 0 Å². The third-order valence-electron chi connectivity index (χ3n) is 5.22. The van der Waals surface area contributed by atoms with Crippen LogP contribution in [0.4, 0.5) is 0 Å². The van der Waals surface area contributed by atoms with Gasteiger partial charge in [0.15, 0.2) is 5.65 Å². The Labute approximate surface area is 163 Å². The Morgan fingerprint density at radius 2 is 2.04 bits per heavy atom. The molecule has 1 aliphatic heterocycles. The van der Waals surface area contributed by atoms with Crippen molar-refractivity contribution >= 4 is 28.1 Å². The minimum atomic E-state index is 0.750. The lowest BCUT2D eigenvalue weighted by molar-refractivity contribution is 0.0435. The molecule has 1 saturated heterocycles. The lowest BCUT2D eigenvalue weighted by Crippen LogP contribution is -2.36. The van der Waals surface area contributed by atoms with Crippen LogP contribution < -0.4 is 0 Å². The number of hydrogen-bond donors (Lipinski definition) is 2. The van der Waals surface area contributed by atoms with E-state index in [1.54, 1.807) is 0 Å². The van der Waals surface area contributed by atoms with E-state index in [4.69, 9.17) is 4.74 Å². The fraction of sp³-hybridized carbons (Fsp3) is 0.273. The summed E-state index contributed by atoms with van der Waals surface area (Å²) < 4.78 is 5.40. The van der Waals surface area contributed by atoms with Gasteiger partial charge in [0, 0.05) is 48.0 Å². The highest BCUT2D eigenvalue weighted by atomic mass is 16.5. The molecule has 142 valence electrons. The lowest BCUT2D eigenvalue weighted by Gasteiger charge is -2.25. The normalized spacial score (nSPS) is 15.9. The maximum atomic E-state index is 5.40. The number of rotatable bonds is 4. The van der Waals surface area contributed by atoms with Crippen LogP contribution >= 0.6 is 0 Å². The maximum Gasteiger partial charge on any atom is 0.178 e. The molecule has 0 unspecified atom stereocenters. The molecule has 0 aliphatic carbocycles. The van der Waals surface area contributed by atoms with E-state index in [9.17, 15) is 0 Å². The van der Waals surface area contributed by atoms with Crippen LogP contribution in [0.3, 0.4) is 0 Å². The van der Waals surface area contributed by atoms with Crippen molar-refractivity contribution in [2.45, 2.75) is 6.92 Å². The van der Waals surface area contributed by atoms with Gasteiger partial charge >= 0.3 is 0 Å². The number of aromatic amines is 2. The van der Waals surface area contributed by atoms with Crippen molar-refractivity contribution in [3.63, 3.8) is 0 Å². The van der Waals surface area contributed by atoms with Gasteiger partial charge in [0.1, 0.15) is 5.82 Å². The predicted molar refractivity (Wildman–Crippen MR) is 112 cm³/mol. The van der Waals surface area contributed by atoms with Gasteiger partial charge in [-0.3, -0.25) is 4.90 Å². The summed E-state index contributed by atoms with van der Waals surface area (Å²) in [6, 6.07) is 10.7. The fourth-order valence-corrected chi connectivity index (χ4v) is 3.77. The third kappa shape index (κ3) is 3.32. The number of H-pyrrole nitrogens is 2. The largest absolute Gasteiger partial charge is 0.379 e. The van der Waals surface area contributed by atoms with Gasteiger partial charge in [-0.25, -0.2) is 9.97 Å². The first-order chi connectivity index (χ1) is 13.8. The molecule has 0 spiro atoms. The number of nitrogens with one attached hydrogen (secondary N) is 2. The van der Waals surface area contributed by atoms with Crippen LogP contribution in [0.2, 0.25) is 0 Å². The monoisotopic (exact) mass is 373 g/mol. The van der Waals surface area contributed by atoms with Crippen molar-refractivity contribution in [3.05, 3.63) is 54.0 Å². The van der Waals surface area contributed by atoms with Crippen LogP contribution in [0.25, 0.3) is 39.4 Å². The smallest absolute Gasteiger partial charge is 0.178 e. The van der Waals surface area contributed by atoms with E-state index in [1.807, 2.05) is 19.2 Å². The zero-order valence-electron chi connectivity index (χ0n) is 15.9. The van der Waals surface area contributed by atoms with Gasteiger partial charge in [0.25, 0.3) is 0 Å². The minimum absolute atomic E-state index is 0.750. The number of pyridine rings is 1. The number of imidazole rings is 1. The number of aryl methyl sites for hydroxylation is 1. The average Bonchev–Trinajstić information content (AvgIpc) is 3.30. The first-order valence-electron chi connectivity index (χ1n) is 9.67. The lowest BCUT2D eigenvalue weighted by atomic mass is 10.1. The Kier molecular flexibility index (Phi) is 4.43. The highest BCUT2D eigenvalue weighted by Gasteiger charge is 2.11. The van der Waals surface area contributed by atoms with Gasteiger partial charge in [0.05, 0.1) is 18.7 Å². The minimum Gasteiger partial charge on any atom is -0.379 e. The number of hydrogen-bond acceptors (Lipinski definition) is 4. The van der Waals surface area contributed by atoms with Crippen LogP contribution in [-0.2, 0) is 4.74 Å². The quantitative estimate of drug-likeness (QED) is 0.571. The summed E-state index contributed by atoms with van der Waals surface area (Å²) in [7, 11) is 0. The van der Waals surface area contributed by atoms with Crippen molar-refractivity contribution < 1.29 is 4.74 Å². The van der Waals surface area contributed by atoms with Crippen molar-refractivity contribution in [3.8, 4) is 11.3 Å². The van der Waals surface area contributed by atoms with E-state index < -0.39 is 0 Å². The van der Waals surface area contributed by atoms with Crippen molar-refractivity contribution in [2.75, 3.05) is 32.8 Å². The molecule has 5 rings (SSSR count). The molecule has 6 nitrogen and oxygen atoms in total. The molecule has 3 aromatic heterocycles. The summed E-state index contributed by atoms with van der Waals surface area (Å²) in [6.45, 7) is 6.62. The molecule has 28 heavy (non-hydrogen) atoms. The molecule has 0 saturated carbocycles. The van der Waals surface area contributed by atoms with E-state index in [0.29, 0.717) is 0 Å². The molecule has 1 aromatic carbocycles. The first-order valence-corrected chi connectivity index (χ1v) is 9.67. The molecule has 6 heteroatoms. The van der Waals surface area contributed by atoms with Crippen LogP contribution in [0, 0.1) is 6.92 Å². The molecule has 2 N–H and O–H groups in total. The second kappa shape index (κ2) is 7.22. The van der Waals surface area contributed by atoms with Crippen LogP contribution in [0.1, 0.15) is 11.4 Å². The van der Waals surface area contributed by atoms with E-state index in [1.165, 1.54) is 10.9 Å². The average molecular weight is 373 g/mol. The van der Waals surface area contributed by atoms with Gasteiger partial charge in [-0.1, -0.05) is 18.2 Å².